The summed E-state index contributed by atoms with van der Waals surface area (Å²) in [6.07, 6.45) is 4.20. The first kappa shape index (κ1) is 22.9. The van der Waals surface area contributed by atoms with Gasteiger partial charge in [-0.2, -0.15) is 0 Å². The molecule has 0 spiro atoms. The molecule has 3 aliphatic rings. The Balaban J connectivity index is 1.39. The van der Waals surface area contributed by atoms with Gasteiger partial charge in [0.2, 0.25) is 5.91 Å². The first-order valence-electron chi connectivity index (χ1n) is 12.5. The van der Waals surface area contributed by atoms with Gasteiger partial charge in [0, 0.05) is 40.7 Å². The van der Waals surface area contributed by atoms with Crippen LogP contribution in [0.2, 0.25) is 5.02 Å². The molecule has 2 fully saturated rings. The molecule has 8 nitrogen and oxygen atoms in total. The Hall–Kier alpha value is -3.52. The molecule has 0 bridgehead atoms. The third-order valence-electron chi connectivity index (χ3n) is 7.10. The zero-order valence-electron chi connectivity index (χ0n) is 20.1. The van der Waals surface area contributed by atoms with Gasteiger partial charge in [0.1, 0.15) is 18.4 Å². The average Bonchev–Trinajstić information content (AvgIpc) is 3.46. The first-order chi connectivity index (χ1) is 17.5. The largest absolute Gasteiger partial charge is 0.341 e. The minimum atomic E-state index is -0.600. The fourth-order valence-corrected chi connectivity index (χ4v) is 5.26. The summed E-state index contributed by atoms with van der Waals surface area (Å²) < 4.78 is 2.08. The van der Waals surface area contributed by atoms with Crippen LogP contribution in [0.5, 0.6) is 0 Å². The number of aromatic nitrogens is 3. The smallest absolute Gasteiger partial charge is 0.251 e. The number of benzene rings is 2. The standard InChI is InChI=1S/C27H27ClN6O2/c1-16(27(36)33-12-4-5-13-33)30-26(35)18-10-11-22-20(14-18)24(19-6-2-3-7-21(19)28)29-15-23-31-32-25(34(22)23)17-8-9-17/h2-3,6-7,10-11,14,16-17H,4-5,8-9,12-13,15H2,1H3,(H,30,35)/t16-/m0/s1. The number of rotatable bonds is 5. The molecule has 1 atom stereocenters. The van der Waals surface area contributed by atoms with Crippen LogP contribution in [0.4, 0.5) is 0 Å². The van der Waals surface area contributed by atoms with Gasteiger partial charge in [0.15, 0.2) is 5.82 Å². The third-order valence-corrected chi connectivity index (χ3v) is 7.43. The van der Waals surface area contributed by atoms with E-state index in [0.717, 1.165) is 67.2 Å². The fraction of sp³-hybridized carbons (Fsp3) is 0.370. The number of nitrogens with zero attached hydrogens (tertiary/aromatic N) is 5. The molecule has 9 heteroatoms. The van der Waals surface area contributed by atoms with Gasteiger partial charge in [0.25, 0.3) is 5.91 Å². The zero-order valence-corrected chi connectivity index (χ0v) is 20.8. The first-order valence-corrected chi connectivity index (χ1v) is 12.9. The van der Waals surface area contributed by atoms with Crippen molar-refractivity contribution in [2.45, 2.75) is 51.1 Å². The summed E-state index contributed by atoms with van der Waals surface area (Å²) in [5, 5.41) is 12.4. The monoisotopic (exact) mass is 502 g/mol. The van der Waals surface area contributed by atoms with Crippen LogP contribution in [0, 0.1) is 0 Å². The maximum atomic E-state index is 13.3. The van der Waals surface area contributed by atoms with Gasteiger partial charge in [-0.05, 0) is 56.9 Å². The predicted molar refractivity (Wildman–Crippen MR) is 137 cm³/mol. The number of carbonyl (C=O) groups excluding carboxylic acids is 2. The molecule has 3 heterocycles. The zero-order chi connectivity index (χ0) is 24.8. The number of likely N-dealkylation sites (tertiary alicyclic amines) is 1. The van der Waals surface area contributed by atoms with Crippen molar-refractivity contribution >= 4 is 29.1 Å². The maximum Gasteiger partial charge on any atom is 0.251 e. The number of hydrogen-bond donors (Lipinski definition) is 1. The lowest BCUT2D eigenvalue weighted by atomic mass is 9.97. The molecular formula is C27H27ClN6O2. The summed E-state index contributed by atoms with van der Waals surface area (Å²) in [4.78, 5) is 32.7. The van der Waals surface area contributed by atoms with E-state index in [4.69, 9.17) is 16.6 Å². The Kier molecular flexibility index (Phi) is 5.84. The molecule has 1 aliphatic carbocycles. The molecule has 1 saturated carbocycles. The highest BCUT2D eigenvalue weighted by atomic mass is 35.5. The van der Waals surface area contributed by atoms with Gasteiger partial charge in [-0.15, -0.1) is 10.2 Å². The second-order valence-electron chi connectivity index (χ2n) is 9.69. The maximum absolute atomic E-state index is 13.3. The SMILES string of the molecule is C[C@H](NC(=O)c1ccc2c(c1)C(c1ccccc1Cl)=NCc1nnc(C3CC3)n1-2)C(=O)N1CCCC1. The van der Waals surface area contributed by atoms with Crippen molar-refractivity contribution in [1.82, 2.24) is 25.0 Å². The molecule has 3 aromatic rings. The van der Waals surface area contributed by atoms with E-state index < -0.39 is 6.04 Å². The van der Waals surface area contributed by atoms with Gasteiger partial charge in [0.05, 0.1) is 11.4 Å². The molecule has 2 amide bonds. The number of nitrogens with one attached hydrogen (secondary N) is 1. The van der Waals surface area contributed by atoms with Crippen LogP contribution in [0.25, 0.3) is 5.69 Å². The average molecular weight is 503 g/mol. The van der Waals surface area contributed by atoms with Crippen LogP contribution in [-0.2, 0) is 11.3 Å². The molecule has 36 heavy (non-hydrogen) atoms. The van der Waals surface area contributed by atoms with Gasteiger partial charge < -0.3 is 10.2 Å². The van der Waals surface area contributed by atoms with Crippen LogP contribution in [0.15, 0.2) is 47.5 Å². The van der Waals surface area contributed by atoms with E-state index in [1.54, 1.807) is 13.0 Å². The van der Waals surface area contributed by atoms with Crippen molar-refractivity contribution < 1.29 is 9.59 Å². The van der Waals surface area contributed by atoms with Crippen molar-refractivity contribution in [2.24, 2.45) is 4.99 Å². The van der Waals surface area contributed by atoms with E-state index in [1.807, 2.05) is 41.3 Å². The van der Waals surface area contributed by atoms with Crippen LogP contribution >= 0.6 is 11.6 Å². The van der Waals surface area contributed by atoms with E-state index >= 15 is 0 Å². The Labute approximate surface area is 214 Å². The second kappa shape index (κ2) is 9.17. The fourth-order valence-electron chi connectivity index (χ4n) is 5.03. The summed E-state index contributed by atoms with van der Waals surface area (Å²) in [7, 11) is 0. The Bertz CT molecular complexity index is 1390. The van der Waals surface area contributed by atoms with Crippen molar-refractivity contribution in [2.75, 3.05) is 13.1 Å². The van der Waals surface area contributed by atoms with Crippen LogP contribution in [-0.4, -0.2) is 56.3 Å². The Morgan fingerprint density at radius 2 is 1.83 bits per heavy atom. The molecule has 184 valence electrons. The molecule has 0 radical (unpaired) electrons. The summed E-state index contributed by atoms with van der Waals surface area (Å²) in [5.74, 6) is 1.75. The van der Waals surface area contributed by atoms with E-state index in [-0.39, 0.29) is 11.8 Å². The van der Waals surface area contributed by atoms with Gasteiger partial charge in [-0.3, -0.25) is 19.1 Å². The molecular weight excluding hydrogens is 476 g/mol. The summed E-state index contributed by atoms with van der Waals surface area (Å²) in [6, 6.07) is 12.5. The molecule has 2 aliphatic heterocycles. The minimum Gasteiger partial charge on any atom is -0.341 e. The van der Waals surface area contributed by atoms with E-state index in [2.05, 4.69) is 20.1 Å². The summed E-state index contributed by atoms with van der Waals surface area (Å²) >= 11 is 6.59. The minimum absolute atomic E-state index is 0.0443. The van der Waals surface area contributed by atoms with E-state index in [0.29, 0.717) is 28.8 Å². The van der Waals surface area contributed by atoms with Crippen LogP contribution in [0.1, 0.15) is 71.7 Å². The highest BCUT2D eigenvalue weighted by molar-refractivity contribution is 6.35. The number of aliphatic imine (C=N–C) groups is 1. The van der Waals surface area contributed by atoms with Crippen LogP contribution < -0.4 is 5.32 Å². The highest BCUT2D eigenvalue weighted by Crippen LogP contribution is 2.41. The van der Waals surface area contributed by atoms with E-state index in [1.165, 1.54) is 0 Å². The van der Waals surface area contributed by atoms with Gasteiger partial charge >= 0.3 is 0 Å². The highest BCUT2D eigenvalue weighted by Gasteiger charge is 2.33. The summed E-state index contributed by atoms with van der Waals surface area (Å²) in [6.45, 7) is 3.60. The quantitative estimate of drug-likeness (QED) is 0.573. The molecule has 2 aromatic carbocycles. The second-order valence-corrected chi connectivity index (χ2v) is 10.1. The Morgan fingerprint density at radius 3 is 2.58 bits per heavy atom. The third kappa shape index (κ3) is 4.09. The lowest BCUT2D eigenvalue weighted by Crippen LogP contribution is -2.46. The molecule has 1 N–H and O–H groups in total. The molecule has 1 aromatic heterocycles. The number of fused-ring (bicyclic) bond motifs is 3. The number of carbonyl (C=O) groups is 2. The Morgan fingerprint density at radius 1 is 1.06 bits per heavy atom. The predicted octanol–water partition coefficient (Wildman–Crippen LogP) is 3.89. The number of amides is 2. The van der Waals surface area contributed by atoms with Crippen molar-refractivity contribution in [1.29, 1.82) is 0 Å². The van der Waals surface area contributed by atoms with Crippen LogP contribution in [0.3, 0.4) is 0 Å². The topological polar surface area (TPSA) is 92.5 Å². The van der Waals surface area contributed by atoms with Gasteiger partial charge in [-0.25, -0.2) is 0 Å². The van der Waals surface area contributed by atoms with Crippen molar-refractivity contribution in [3.8, 4) is 5.69 Å². The molecule has 1 saturated heterocycles. The normalized spacial score (nSPS) is 17.6. The lowest BCUT2D eigenvalue weighted by molar-refractivity contribution is -0.131. The summed E-state index contributed by atoms with van der Waals surface area (Å²) in [5.41, 5.74) is 3.63. The van der Waals surface area contributed by atoms with E-state index in [9.17, 15) is 9.59 Å². The molecule has 6 rings (SSSR count). The van der Waals surface area contributed by atoms with Crippen molar-refractivity contribution in [3.05, 3.63) is 75.8 Å². The van der Waals surface area contributed by atoms with Gasteiger partial charge in [-0.1, -0.05) is 29.8 Å². The number of halogens is 1. The lowest BCUT2D eigenvalue weighted by Gasteiger charge is -2.21. The molecule has 0 unspecified atom stereocenters. The number of hydrogen-bond acceptors (Lipinski definition) is 5. The van der Waals surface area contributed by atoms with Crippen molar-refractivity contribution in [3.63, 3.8) is 0 Å².